The maximum Gasteiger partial charge on any atom is 0.323 e. The minimum atomic E-state index is -0.967. The van der Waals surface area contributed by atoms with E-state index < -0.39 is 5.97 Å². The molecule has 15 heavy (non-hydrogen) atoms. The van der Waals surface area contributed by atoms with Gasteiger partial charge in [-0.1, -0.05) is 13.0 Å². The zero-order chi connectivity index (χ0) is 11.7. The number of carboxylic acids is 1. The van der Waals surface area contributed by atoms with Crippen molar-refractivity contribution in [3.63, 3.8) is 0 Å². The Morgan fingerprint density at radius 3 is 2.67 bits per heavy atom. The molecule has 4 nitrogen and oxygen atoms in total. The van der Waals surface area contributed by atoms with Gasteiger partial charge in [-0.25, -0.2) is 0 Å². The summed E-state index contributed by atoms with van der Waals surface area (Å²) in [5.74, 6) is -0.0606. The van der Waals surface area contributed by atoms with Crippen molar-refractivity contribution in [1.82, 2.24) is 4.90 Å². The highest BCUT2D eigenvalue weighted by molar-refractivity contribution is 8.00. The summed E-state index contributed by atoms with van der Waals surface area (Å²) in [6.07, 6.45) is 2.49. The van der Waals surface area contributed by atoms with Crippen LogP contribution in [0.1, 0.15) is 13.3 Å². The third kappa shape index (κ3) is 7.02. The third-order valence-corrected chi connectivity index (χ3v) is 2.56. The molecule has 0 aromatic heterocycles. The van der Waals surface area contributed by atoms with Crippen molar-refractivity contribution in [1.29, 1.82) is 0 Å². The van der Waals surface area contributed by atoms with Gasteiger partial charge in [0.15, 0.2) is 0 Å². The average Bonchev–Trinajstić information content (AvgIpc) is 2.17. The van der Waals surface area contributed by atoms with Crippen LogP contribution in [0.2, 0.25) is 0 Å². The molecule has 0 rings (SSSR count). The quantitative estimate of drug-likeness (QED) is 0.504. The topological polar surface area (TPSA) is 57.6 Å². The van der Waals surface area contributed by atoms with Gasteiger partial charge in [-0.3, -0.25) is 9.59 Å². The van der Waals surface area contributed by atoms with Crippen molar-refractivity contribution in [2.24, 2.45) is 0 Å². The molecular weight excluding hydrogens is 214 g/mol. The van der Waals surface area contributed by atoms with E-state index in [0.717, 1.165) is 6.42 Å². The summed E-state index contributed by atoms with van der Waals surface area (Å²) in [5.41, 5.74) is 0. The molecule has 0 aromatic rings. The smallest absolute Gasteiger partial charge is 0.323 e. The number of carbonyl (C=O) groups excluding carboxylic acids is 1. The van der Waals surface area contributed by atoms with Crippen molar-refractivity contribution in [3.05, 3.63) is 12.7 Å². The molecule has 0 saturated carbocycles. The Morgan fingerprint density at radius 2 is 2.20 bits per heavy atom. The van der Waals surface area contributed by atoms with Gasteiger partial charge in [-0.15, -0.1) is 18.3 Å². The highest BCUT2D eigenvalue weighted by Crippen LogP contribution is 2.03. The van der Waals surface area contributed by atoms with Crippen molar-refractivity contribution >= 4 is 23.6 Å². The van der Waals surface area contributed by atoms with Crippen LogP contribution >= 0.6 is 11.8 Å². The maximum atomic E-state index is 11.6. The average molecular weight is 231 g/mol. The molecule has 0 aliphatic rings. The Hall–Kier alpha value is -0.970. The molecule has 0 saturated heterocycles. The zero-order valence-electron chi connectivity index (χ0n) is 8.94. The number of hydrogen-bond donors (Lipinski definition) is 1. The van der Waals surface area contributed by atoms with Crippen molar-refractivity contribution in [3.8, 4) is 0 Å². The second-order valence-corrected chi connectivity index (χ2v) is 4.04. The Labute approximate surface area is 94.3 Å². The first-order chi connectivity index (χ1) is 7.11. The Bertz CT molecular complexity index is 231. The van der Waals surface area contributed by atoms with E-state index in [9.17, 15) is 9.59 Å². The molecular formula is C10H17NO3S. The molecule has 1 N–H and O–H groups in total. The summed E-state index contributed by atoms with van der Waals surface area (Å²) < 4.78 is 0. The van der Waals surface area contributed by atoms with E-state index in [0.29, 0.717) is 18.1 Å². The third-order valence-electron chi connectivity index (χ3n) is 1.63. The van der Waals surface area contributed by atoms with E-state index in [1.165, 1.54) is 16.7 Å². The highest BCUT2D eigenvalue weighted by atomic mass is 32.2. The number of amides is 1. The number of nitrogens with zero attached hydrogens (tertiary/aromatic N) is 1. The SMILES string of the molecule is C=CCSCC(=O)N(CCC)CC(=O)O. The first-order valence-electron chi connectivity index (χ1n) is 4.80. The predicted molar refractivity (Wildman–Crippen MR) is 62.0 cm³/mol. The van der Waals surface area contributed by atoms with Crippen LogP contribution in [0.5, 0.6) is 0 Å². The van der Waals surface area contributed by atoms with Crippen LogP contribution in [-0.2, 0) is 9.59 Å². The van der Waals surface area contributed by atoms with Crippen LogP contribution in [0.4, 0.5) is 0 Å². The summed E-state index contributed by atoms with van der Waals surface area (Å²) in [6.45, 7) is 5.76. The number of rotatable bonds is 8. The van der Waals surface area contributed by atoms with E-state index in [2.05, 4.69) is 6.58 Å². The lowest BCUT2D eigenvalue weighted by Crippen LogP contribution is -2.37. The fourth-order valence-electron chi connectivity index (χ4n) is 1.05. The molecule has 0 atom stereocenters. The lowest BCUT2D eigenvalue weighted by atomic mass is 10.4. The lowest BCUT2D eigenvalue weighted by Gasteiger charge is -2.19. The summed E-state index contributed by atoms with van der Waals surface area (Å²) >= 11 is 1.44. The van der Waals surface area contributed by atoms with Gasteiger partial charge in [-0.05, 0) is 6.42 Å². The largest absolute Gasteiger partial charge is 0.480 e. The molecule has 0 fully saturated rings. The fourth-order valence-corrected chi connectivity index (χ4v) is 1.69. The van der Waals surface area contributed by atoms with Gasteiger partial charge in [-0.2, -0.15) is 0 Å². The van der Waals surface area contributed by atoms with Gasteiger partial charge >= 0.3 is 5.97 Å². The number of carbonyl (C=O) groups is 2. The fraction of sp³-hybridized carbons (Fsp3) is 0.600. The summed E-state index contributed by atoms with van der Waals surface area (Å²) in [7, 11) is 0. The van der Waals surface area contributed by atoms with E-state index in [1.54, 1.807) is 6.08 Å². The van der Waals surface area contributed by atoms with E-state index in [4.69, 9.17) is 5.11 Å². The minimum Gasteiger partial charge on any atom is -0.480 e. The van der Waals surface area contributed by atoms with Gasteiger partial charge < -0.3 is 10.0 Å². The Morgan fingerprint density at radius 1 is 1.53 bits per heavy atom. The summed E-state index contributed by atoms with van der Waals surface area (Å²) in [4.78, 5) is 23.4. The van der Waals surface area contributed by atoms with Crippen LogP contribution < -0.4 is 0 Å². The number of carboxylic acid groups (broad SMARTS) is 1. The van der Waals surface area contributed by atoms with Gasteiger partial charge in [0.05, 0.1) is 5.75 Å². The lowest BCUT2D eigenvalue weighted by molar-refractivity contribution is -0.143. The minimum absolute atomic E-state index is 0.119. The summed E-state index contributed by atoms with van der Waals surface area (Å²) in [6, 6.07) is 0. The van der Waals surface area contributed by atoms with E-state index >= 15 is 0 Å². The van der Waals surface area contributed by atoms with E-state index in [1.807, 2.05) is 6.92 Å². The molecule has 0 spiro atoms. The first kappa shape index (κ1) is 14.0. The standard InChI is InChI=1S/C10H17NO3S/c1-3-5-11(7-10(13)14)9(12)8-15-6-4-2/h4H,2-3,5-8H2,1H3,(H,13,14). The van der Waals surface area contributed by atoms with Crippen LogP contribution in [0.25, 0.3) is 0 Å². The second kappa shape index (κ2) is 8.35. The molecule has 5 heteroatoms. The molecule has 1 amide bonds. The monoisotopic (exact) mass is 231 g/mol. The molecule has 0 unspecified atom stereocenters. The Balaban J connectivity index is 4.03. The van der Waals surface area contributed by atoms with Crippen molar-refractivity contribution in [2.45, 2.75) is 13.3 Å². The van der Waals surface area contributed by atoms with Crippen LogP contribution in [-0.4, -0.2) is 46.5 Å². The Kier molecular flexibility index (Phi) is 7.81. The first-order valence-corrected chi connectivity index (χ1v) is 5.95. The normalized spacial score (nSPS) is 9.67. The van der Waals surface area contributed by atoms with Gasteiger partial charge in [0.25, 0.3) is 0 Å². The highest BCUT2D eigenvalue weighted by Gasteiger charge is 2.14. The second-order valence-electron chi connectivity index (χ2n) is 3.01. The summed E-state index contributed by atoms with van der Waals surface area (Å²) in [5, 5.41) is 8.61. The van der Waals surface area contributed by atoms with Crippen LogP contribution in [0.3, 0.4) is 0 Å². The van der Waals surface area contributed by atoms with Crippen molar-refractivity contribution in [2.75, 3.05) is 24.6 Å². The van der Waals surface area contributed by atoms with Gasteiger partial charge in [0, 0.05) is 12.3 Å². The number of aliphatic carboxylic acids is 1. The van der Waals surface area contributed by atoms with Gasteiger partial charge in [0.1, 0.15) is 6.54 Å². The molecule has 0 aliphatic carbocycles. The molecule has 0 aliphatic heterocycles. The maximum absolute atomic E-state index is 11.6. The number of thioether (sulfide) groups is 1. The van der Waals surface area contributed by atoms with Crippen LogP contribution in [0.15, 0.2) is 12.7 Å². The van der Waals surface area contributed by atoms with Crippen molar-refractivity contribution < 1.29 is 14.7 Å². The molecule has 0 radical (unpaired) electrons. The van der Waals surface area contributed by atoms with E-state index in [-0.39, 0.29) is 12.5 Å². The molecule has 86 valence electrons. The molecule has 0 heterocycles. The van der Waals surface area contributed by atoms with Gasteiger partial charge in [0.2, 0.25) is 5.91 Å². The predicted octanol–water partition coefficient (Wildman–Crippen LogP) is 1.23. The number of hydrogen-bond acceptors (Lipinski definition) is 3. The zero-order valence-corrected chi connectivity index (χ0v) is 9.76. The van der Waals surface area contributed by atoms with Crippen LogP contribution in [0, 0.1) is 0 Å². The molecule has 0 aromatic carbocycles. The molecule has 0 bridgehead atoms.